The van der Waals surface area contributed by atoms with E-state index in [0.717, 1.165) is 0 Å². The van der Waals surface area contributed by atoms with Gasteiger partial charge in [0.25, 0.3) is 0 Å². The van der Waals surface area contributed by atoms with Crippen molar-refractivity contribution in [3.8, 4) is 5.75 Å². The van der Waals surface area contributed by atoms with Gasteiger partial charge in [-0.25, -0.2) is 0 Å². The number of rotatable bonds is 6. The lowest BCUT2D eigenvalue weighted by molar-refractivity contribution is -0.129. The van der Waals surface area contributed by atoms with E-state index in [2.05, 4.69) is 10.1 Å². The van der Waals surface area contributed by atoms with E-state index in [9.17, 15) is 13.6 Å². The molecule has 0 aliphatic carbocycles. The van der Waals surface area contributed by atoms with Crippen LogP contribution in [0.2, 0.25) is 0 Å². The summed E-state index contributed by atoms with van der Waals surface area (Å²) in [5.41, 5.74) is 5.55. The SMILES string of the molecule is CC(NC(=O)C(C)(C)CN)c1cccc(OC(F)F)c1.Cl. The van der Waals surface area contributed by atoms with E-state index in [4.69, 9.17) is 5.73 Å². The molecule has 1 unspecified atom stereocenters. The fourth-order valence-corrected chi connectivity index (χ4v) is 1.53. The van der Waals surface area contributed by atoms with Gasteiger partial charge in [-0.3, -0.25) is 4.79 Å². The molecule has 0 aromatic heterocycles. The van der Waals surface area contributed by atoms with Crippen LogP contribution in [0.3, 0.4) is 0 Å². The van der Waals surface area contributed by atoms with Crippen LogP contribution in [0.4, 0.5) is 8.78 Å². The Labute approximate surface area is 129 Å². The van der Waals surface area contributed by atoms with Gasteiger partial charge >= 0.3 is 6.61 Å². The highest BCUT2D eigenvalue weighted by molar-refractivity contribution is 5.85. The predicted octanol–water partition coefficient (Wildman–Crippen LogP) is 2.87. The molecule has 0 saturated carbocycles. The molecular formula is C14H21ClF2N2O2. The quantitative estimate of drug-likeness (QED) is 0.846. The standard InChI is InChI=1S/C14H20F2N2O2.ClH/c1-9(18-12(19)14(2,3)8-17)10-5-4-6-11(7-10)20-13(15)16;/h4-7,9,13H,8,17H2,1-3H3,(H,18,19);1H. The number of halogens is 3. The number of nitrogens with two attached hydrogens (primary N) is 1. The van der Waals surface area contributed by atoms with Crippen LogP contribution in [0.5, 0.6) is 5.75 Å². The molecule has 21 heavy (non-hydrogen) atoms. The molecule has 0 spiro atoms. The first-order chi connectivity index (χ1) is 9.26. The third-order valence-electron chi connectivity index (χ3n) is 3.06. The molecule has 0 saturated heterocycles. The Morgan fingerprint density at radius 1 is 1.43 bits per heavy atom. The van der Waals surface area contributed by atoms with Gasteiger partial charge in [-0.1, -0.05) is 12.1 Å². The monoisotopic (exact) mass is 322 g/mol. The van der Waals surface area contributed by atoms with E-state index in [1.807, 2.05) is 0 Å². The zero-order valence-electron chi connectivity index (χ0n) is 12.2. The van der Waals surface area contributed by atoms with Crippen LogP contribution in [-0.2, 0) is 4.79 Å². The molecule has 0 heterocycles. The highest BCUT2D eigenvalue weighted by atomic mass is 35.5. The Bertz CT molecular complexity index is 470. The van der Waals surface area contributed by atoms with E-state index in [1.165, 1.54) is 12.1 Å². The summed E-state index contributed by atoms with van der Waals surface area (Å²) in [5.74, 6) is -0.121. The number of ether oxygens (including phenoxy) is 1. The average molecular weight is 323 g/mol. The van der Waals surface area contributed by atoms with Crippen LogP contribution in [0.25, 0.3) is 0 Å². The maximum atomic E-state index is 12.2. The Morgan fingerprint density at radius 3 is 2.57 bits per heavy atom. The molecule has 4 nitrogen and oxygen atoms in total. The summed E-state index contributed by atoms with van der Waals surface area (Å²) < 4.78 is 28.7. The number of hydrogen-bond acceptors (Lipinski definition) is 3. The molecule has 1 aromatic carbocycles. The molecule has 0 aliphatic heterocycles. The van der Waals surface area contributed by atoms with Crippen LogP contribution in [-0.4, -0.2) is 19.1 Å². The fourth-order valence-electron chi connectivity index (χ4n) is 1.53. The number of carbonyl (C=O) groups excluding carboxylic acids is 1. The molecule has 0 radical (unpaired) electrons. The zero-order chi connectivity index (χ0) is 15.3. The van der Waals surface area contributed by atoms with Crippen molar-refractivity contribution >= 4 is 18.3 Å². The fraction of sp³-hybridized carbons (Fsp3) is 0.500. The third kappa shape index (κ3) is 5.85. The van der Waals surface area contributed by atoms with Crippen molar-refractivity contribution < 1.29 is 18.3 Å². The third-order valence-corrected chi connectivity index (χ3v) is 3.06. The van der Waals surface area contributed by atoms with Gasteiger partial charge in [0.15, 0.2) is 0 Å². The van der Waals surface area contributed by atoms with E-state index in [-0.39, 0.29) is 36.7 Å². The summed E-state index contributed by atoms with van der Waals surface area (Å²) in [6.07, 6.45) is 0. The van der Waals surface area contributed by atoms with Crippen molar-refractivity contribution in [2.24, 2.45) is 11.1 Å². The van der Waals surface area contributed by atoms with E-state index < -0.39 is 12.0 Å². The van der Waals surface area contributed by atoms with E-state index in [0.29, 0.717) is 5.56 Å². The minimum absolute atomic E-state index is 0. The van der Waals surface area contributed by atoms with Crippen LogP contribution < -0.4 is 15.8 Å². The predicted molar refractivity (Wildman–Crippen MR) is 79.7 cm³/mol. The lowest BCUT2D eigenvalue weighted by Gasteiger charge is -2.24. The van der Waals surface area contributed by atoms with Crippen LogP contribution >= 0.6 is 12.4 Å². The summed E-state index contributed by atoms with van der Waals surface area (Å²) >= 11 is 0. The van der Waals surface area contributed by atoms with Gasteiger partial charge in [-0.05, 0) is 38.5 Å². The highest BCUT2D eigenvalue weighted by Gasteiger charge is 2.27. The zero-order valence-corrected chi connectivity index (χ0v) is 13.0. The molecule has 0 fully saturated rings. The number of amides is 1. The number of carbonyl (C=O) groups is 1. The minimum Gasteiger partial charge on any atom is -0.435 e. The van der Waals surface area contributed by atoms with Gasteiger partial charge in [-0.2, -0.15) is 8.78 Å². The maximum absolute atomic E-state index is 12.2. The van der Waals surface area contributed by atoms with E-state index >= 15 is 0 Å². The van der Waals surface area contributed by atoms with Gasteiger partial charge in [0, 0.05) is 6.54 Å². The molecular weight excluding hydrogens is 302 g/mol. The topological polar surface area (TPSA) is 64.4 Å². The first-order valence-electron chi connectivity index (χ1n) is 6.32. The summed E-state index contributed by atoms with van der Waals surface area (Å²) in [4.78, 5) is 12.0. The van der Waals surface area contributed by atoms with Crippen molar-refractivity contribution in [3.63, 3.8) is 0 Å². The van der Waals surface area contributed by atoms with Gasteiger partial charge in [0.1, 0.15) is 5.75 Å². The average Bonchev–Trinajstić information content (AvgIpc) is 2.38. The molecule has 7 heteroatoms. The molecule has 1 amide bonds. The lowest BCUT2D eigenvalue weighted by atomic mass is 9.92. The molecule has 1 atom stereocenters. The molecule has 3 N–H and O–H groups in total. The van der Waals surface area contributed by atoms with Gasteiger partial charge < -0.3 is 15.8 Å². The molecule has 120 valence electrons. The normalized spacial score (nSPS) is 12.5. The summed E-state index contributed by atoms with van der Waals surface area (Å²) in [7, 11) is 0. The van der Waals surface area contributed by atoms with Crippen molar-refractivity contribution in [2.45, 2.75) is 33.4 Å². The van der Waals surface area contributed by atoms with Crippen molar-refractivity contribution in [3.05, 3.63) is 29.8 Å². The molecule has 0 bridgehead atoms. The molecule has 0 aliphatic rings. The first kappa shape index (κ1) is 19.6. The van der Waals surface area contributed by atoms with Gasteiger partial charge in [0.2, 0.25) is 5.91 Å². The second kappa shape index (κ2) is 8.14. The van der Waals surface area contributed by atoms with Crippen molar-refractivity contribution in [1.29, 1.82) is 0 Å². The Kier molecular flexibility index (Phi) is 7.60. The van der Waals surface area contributed by atoms with Crippen LogP contribution in [0.15, 0.2) is 24.3 Å². The second-order valence-corrected chi connectivity index (χ2v) is 5.23. The van der Waals surface area contributed by atoms with Crippen LogP contribution in [0, 0.1) is 5.41 Å². The Morgan fingerprint density at radius 2 is 2.05 bits per heavy atom. The largest absolute Gasteiger partial charge is 0.435 e. The second-order valence-electron chi connectivity index (χ2n) is 5.23. The summed E-state index contributed by atoms with van der Waals surface area (Å²) in [5, 5.41) is 2.81. The number of benzene rings is 1. The highest BCUT2D eigenvalue weighted by Crippen LogP contribution is 2.22. The number of alkyl halides is 2. The van der Waals surface area contributed by atoms with Crippen molar-refractivity contribution in [1.82, 2.24) is 5.32 Å². The lowest BCUT2D eigenvalue weighted by Crippen LogP contribution is -2.42. The van der Waals surface area contributed by atoms with Crippen molar-refractivity contribution in [2.75, 3.05) is 6.54 Å². The number of hydrogen-bond donors (Lipinski definition) is 2. The molecule has 1 rings (SSSR count). The van der Waals surface area contributed by atoms with Crippen LogP contribution in [0.1, 0.15) is 32.4 Å². The maximum Gasteiger partial charge on any atom is 0.387 e. The van der Waals surface area contributed by atoms with Gasteiger partial charge in [0.05, 0.1) is 11.5 Å². The Hall–Kier alpha value is -1.40. The van der Waals surface area contributed by atoms with Gasteiger partial charge in [-0.15, -0.1) is 12.4 Å². The van der Waals surface area contributed by atoms with E-state index in [1.54, 1.807) is 32.9 Å². The Balaban J connectivity index is 0.00000400. The first-order valence-corrected chi connectivity index (χ1v) is 6.32. The smallest absolute Gasteiger partial charge is 0.387 e. The summed E-state index contributed by atoms with van der Waals surface area (Å²) in [6, 6.07) is 5.93. The summed E-state index contributed by atoms with van der Waals surface area (Å²) in [6.45, 7) is 2.61. The minimum atomic E-state index is -2.87. The number of nitrogens with one attached hydrogen (secondary N) is 1. The molecule has 1 aromatic rings.